The molecule has 1 aromatic carbocycles. The Morgan fingerprint density at radius 2 is 2.00 bits per heavy atom. The summed E-state index contributed by atoms with van der Waals surface area (Å²) >= 11 is 0. The highest BCUT2D eigenvalue weighted by molar-refractivity contribution is 5.84. The molecule has 1 atom stereocenters. The van der Waals surface area contributed by atoms with Crippen LogP contribution in [0.1, 0.15) is 19.4 Å². The number of hydrogen-bond acceptors (Lipinski definition) is 1. The Labute approximate surface area is 102 Å². The van der Waals surface area contributed by atoms with Gasteiger partial charge < -0.3 is 0 Å². The van der Waals surface area contributed by atoms with Gasteiger partial charge in [0.1, 0.15) is 5.71 Å². The third kappa shape index (κ3) is 2.38. The van der Waals surface area contributed by atoms with E-state index in [9.17, 15) is 4.79 Å². The van der Waals surface area contributed by atoms with Crippen LogP contribution < -0.4 is 0 Å². The van der Waals surface area contributed by atoms with Gasteiger partial charge in [0, 0.05) is 27.3 Å². The zero-order chi connectivity index (χ0) is 12.4. The topological polar surface area (TPSA) is 23.3 Å². The Morgan fingerprint density at radius 3 is 2.59 bits per heavy atom. The van der Waals surface area contributed by atoms with Crippen LogP contribution in [-0.2, 0) is 11.2 Å². The molecule has 0 radical (unpaired) electrons. The standard InChI is InChI=1S/C14H19N2O/c1-11(2)16-10-15(3)14(17)13(16)9-12-7-5-4-6-8-12/h4-8,13H,9-10H2,1-3H3/q+1/t13-/m0/s1. The quantitative estimate of drug-likeness (QED) is 0.708. The van der Waals surface area contributed by atoms with Gasteiger partial charge in [-0.1, -0.05) is 30.3 Å². The van der Waals surface area contributed by atoms with Gasteiger partial charge >= 0.3 is 0 Å². The van der Waals surface area contributed by atoms with Gasteiger partial charge in [-0.2, -0.15) is 0 Å². The molecule has 1 aliphatic rings. The Bertz CT molecular complexity index is 447. The summed E-state index contributed by atoms with van der Waals surface area (Å²) < 4.78 is 2.18. The highest BCUT2D eigenvalue weighted by Crippen LogP contribution is 2.14. The van der Waals surface area contributed by atoms with E-state index in [2.05, 4.69) is 30.6 Å². The second-order valence-electron chi connectivity index (χ2n) is 4.80. The summed E-state index contributed by atoms with van der Waals surface area (Å²) in [6.07, 6.45) is 0.787. The van der Waals surface area contributed by atoms with Crippen molar-refractivity contribution in [3.63, 3.8) is 0 Å². The summed E-state index contributed by atoms with van der Waals surface area (Å²) in [5, 5.41) is 0. The van der Waals surface area contributed by atoms with Crippen molar-refractivity contribution in [2.24, 2.45) is 0 Å². The molecule has 0 aliphatic carbocycles. The number of carbonyl (C=O) groups is 1. The Balaban J connectivity index is 2.25. The van der Waals surface area contributed by atoms with Gasteiger partial charge in [-0.05, 0) is 5.56 Å². The molecule has 3 heteroatoms. The number of nitrogens with zero attached hydrogens (tertiary/aromatic N) is 2. The lowest BCUT2D eigenvalue weighted by Gasteiger charge is -2.06. The fourth-order valence-corrected chi connectivity index (χ4v) is 2.27. The first-order chi connectivity index (χ1) is 8.09. The molecule has 90 valence electrons. The number of hydrogen-bond donors (Lipinski definition) is 0. The van der Waals surface area contributed by atoms with E-state index >= 15 is 0 Å². The van der Waals surface area contributed by atoms with E-state index in [1.807, 2.05) is 25.2 Å². The van der Waals surface area contributed by atoms with E-state index in [1.165, 1.54) is 11.3 Å². The zero-order valence-electron chi connectivity index (χ0n) is 10.7. The predicted molar refractivity (Wildman–Crippen MR) is 68.2 cm³/mol. The second kappa shape index (κ2) is 4.70. The highest BCUT2D eigenvalue weighted by Gasteiger charge is 2.40. The van der Waals surface area contributed by atoms with E-state index in [0.717, 1.165) is 6.42 Å². The third-order valence-electron chi connectivity index (χ3n) is 3.25. The van der Waals surface area contributed by atoms with E-state index in [0.29, 0.717) is 6.67 Å². The van der Waals surface area contributed by atoms with Crippen LogP contribution in [-0.4, -0.2) is 40.9 Å². The van der Waals surface area contributed by atoms with Gasteiger partial charge in [0.05, 0.1) is 0 Å². The fraction of sp³-hybridized carbons (Fsp3) is 0.429. The molecule has 0 aromatic heterocycles. The van der Waals surface area contributed by atoms with Crippen LogP contribution in [0.15, 0.2) is 30.3 Å². The molecule has 1 amide bonds. The first kappa shape index (κ1) is 11.8. The monoisotopic (exact) mass is 231 g/mol. The van der Waals surface area contributed by atoms with Gasteiger partial charge in [0.2, 0.25) is 12.7 Å². The molecule has 0 N–H and O–H groups in total. The minimum Gasteiger partial charge on any atom is -0.285 e. The van der Waals surface area contributed by atoms with E-state index in [4.69, 9.17) is 0 Å². The van der Waals surface area contributed by atoms with E-state index in [1.54, 1.807) is 4.90 Å². The van der Waals surface area contributed by atoms with E-state index in [-0.39, 0.29) is 11.9 Å². The van der Waals surface area contributed by atoms with Crippen molar-refractivity contribution >= 4 is 11.6 Å². The number of benzene rings is 1. The molecular weight excluding hydrogens is 212 g/mol. The molecule has 1 saturated heterocycles. The normalized spacial score (nSPS) is 19.9. The van der Waals surface area contributed by atoms with Gasteiger partial charge in [-0.15, -0.1) is 0 Å². The molecule has 0 bridgehead atoms. The molecule has 0 unspecified atom stereocenters. The SMILES string of the molecule is CC(C)=[N+]1CN(C)C(=O)[C@@H]1Cc1ccccc1. The number of amides is 1. The van der Waals surface area contributed by atoms with Crippen molar-refractivity contribution in [3.05, 3.63) is 35.9 Å². The number of likely N-dealkylation sites (N-methyl/N-ethyl adjacent to an activating group) is 1. The first-order valence-corrected chi connectivity index (χ1v) is 5.95. The fourth-order valence-electron chi connectivity index (χ4n) is 2.27. The Morgan fingerprint density at radius 1 is 1.35 bits per heavy atom. The van der Waals surface area contributed by atoms with Crippen LogP contribution in [0.3, 0.4) is 0 Å². The summed E-state index contributed by atoms with van der Waals surface area (Å²) in [5.41, 5.74) is 2.41. The Hall–Kier alpha value is -1.64. The maximum atomic E-state index is 12.1. The Kier molecular flexibility index (Phi) is 3.27. The minimum atomic E-state index is -0.0348. The largest absolute Gasteiger partial charge is 0.296 e. The first-order valence-electron chi connectivity index (χ1n) is 5.95. The maximum Gasteiger partial charge on any atom is 0.296 e. The van der Waals surface area contributed by atoms with Gasteiger partial charge in [0.15, 0.2) is 0 Å². The lowest BCUT2D eigenvalue weighted by Crippen LogP contribution is -2.31. The molecular formula is C14H19N2O+. The van der Waals surface area contributed by atoms with E-state index < -0.39 is 0 Å². The third-order valence-corrected chi connectivity index (χ3v) is 3.25. The van der Waals surface area contributed by atoms with Gasteiger partial charge in [-0.25, -0.2) is 4.58 Å². The molecule has 0 spiro atoms. The summed E-state index contributed by atoms with van der Waals surface area (Å²) in [5.74, 6) is 0.218. The van der Waals surface area contributed by atoms with Crippen LogP contribution in [0, 0.1) is 0 Å². The van der Waals surface area contributed by atoms with Crippen LogP contribution in [0.5, 0.6) is 0 Å². The van der Waals surface area contributed by atoms with Crippen molar-refractivity contribution in [3.8, 4) is 0 Å². The molecule has 1 aliphatic heterocycles. The summed E-state index contributed by atoms with van der Waals surface area (Å²) in [6, 6.07) is 10.2. The molecule has 17 heavy (non-hydrogen) atoms. The average molecular weight is 231 g/mol. The van der Waals surface area contributed by atoms with Crippen molar-refractivity contribution in [2.75, 3.05) is 13.7 Å². The highest BCUT2D eigenvalue weighted by atomic mass is 16.2. The lowest BCUT2D eigenvalue weighted by atomic mass is 10.1. The van der Waals surface area contributed by atoms with Gasteiger partial charge in [-0.3, -0.25) is 9.69 Å². The average Bonchev–Trinajstić information content (AvgIpc) is 2.59. The number of carbonyl (C=O) groups excluding carboxylic acids is 1. The number of rotatable bonds is 2. The molecule has 2 rings (SSSR count). The molecule has 1 heterocycles. The van der Waals surface area contributed by atoms with Crippen LogP contribution in [0.25, 0.3) is 0 Å². The van der Waals surface area contributed by atoms with Gasteiger partial charge in [0.25, 0.3) is 5.91 Å². The second-order valence-corrected chi connectivity index (χ2v) is 4.80. The molecule has 1 aromatic rings. The molecule has 1 fully saturated rings. The van der Waals surface area contributed by atoms with Crippen molar-refractivity contribution in [1.29, 1.82) is 0 Å². The van der Waals surface area contributed by atoms with Crippen LogP contribution in [0.2, 0.25) is 0 Å². The lowest BCUT2D eigenvalue weighted by molar-refractivity contribution is -0.547. The summed E-state index contributed by atoms with van der Waals surface area (Å²) in [7, 11) is 1.86. The maximum absolute atomic E-state index is 12.1. The summed E-state index contributed by atoms with van der Waals surface area (Å²) in [6.45, 7) is 4.83. The smallest absolute Gasteiger partial charge is 0.285 e. The van der Waals surface area contributed by atoms with Crippen molar-refractivity contribution in [1.82, 2.24) is 4.90 Å². The molecule has 0 saturated carbocycles. The zero-order valence-corrected chi connectivity index (χ0v) is 10.7. The van der Waals surface area contributed by atoms with Crippen molar-refractivity contribution in [2.45, 2.75) is 26.3 Å². The van der Waals surface area contributed by atoms with Crippen LogP contribution >= 0.6 is 0 Å². The van der Waals surface area contributed by atoms with Crippen LogP contribution in [0.4, 0.5) is 0 Å². The predicted octanol–water partition coefficient (Wildman–Crippen LogP) is 1.52. The van der Waals surface area contributed by atoms with Crippen molar-refractivity contribution < 1.29 is 9.37 Å². The molecule has 3 nitrogen and oxygen atoms in total. The summed E-state index contributed by atoms with van der Waals surface area (Å²) in [4.78, 5) is 13.9. The minimum absolute atomic E-state index is 0.0348.